The zero-order valence-electron chi connectivity index (χ0n) is 12.4. The molecule has 0 heterocycles. The summed E-state index contributed by atoms with van der Waals surface area (Å²) in [5, 5.41) is 12.3. The first-order valence-electron chi connectivity index (χ1n) is 6.76. The van der Waals surface area contributed by atoms with Crippen molar-refractivity contribution in [3.05, 3.63) is 53.1 Å². The van der Waals surface area contributed by atoms with Crippen LogP contribution < -0.4 is 10.1 Å². The Morgan fingerprint density at radius 1 is 1.14 bits per heavy atom. The summed E-state index contributed by atoms with van der Waals surface area (Å²) in [4.78, 5) is 11.9. The number of ether oxygens (including phenoxy) is 1. The van der Waals surface area contributed by atoms with Crippen molar-refractivity contribution in [3.63, 3.8) is 0 Å². The number of nitrogens with one attached hydrogen (secondary N) is 1. The number of aryl methyl sites for hydroxylation is 3. The lowest BCUT2D eigenvalue weighted by molar-refractivity contribution is -0.118. The molecular weight excluding hydrogens is 266 g/mol. The van der Waals surface area contributed by atoms with Crippen LogP contribution in [0.15, 0.2) is 36.4 Å². The molecule has 0 saturated heterocycles. The number of carbonyl (C=O) groups excluding carboxylic acids is 1. The van der Waals surface area contributed by atoms with E-state index in [0.29, 0.717) is 5.69 Å². The van der Waals surface area contributed by atoms with Gasteiger partial charge in [0.15, 0.2) is 6.61 Å². The first-order valence-corrected chi connectivity index (χ1v) is 6.76. The highest BCUT2D eigenvalue weighted by Crippen LogP contribution is 2.24. The van der Waals surface area contributed by atoms with Crippen molar-refractivity contribution >= 4 is 11.6 Å². The van der Waals surface area contributed by atoms with Crippen molar-refractivity contribution in [2.75, 3.05) is 11.9 Å². The number of rotatable bonds is 4. The molecule has 4 nitrogen and oxygen atoms in total. The van der Waals surface area contributed by atoms with Gasteiger partial charge in [0, 0.05) is 0 Å². The molecule has 0 saturated carbocycles. The molecule has 0 aromatic heterocycles. The predicted octanol–water partition coefficient (Wildman–Crippen LogP) is 3.33. The third-order valence-corrected chi connectivity index (χ3v) is 3.18. The first-order chi connectivity index (χ1) is 9.97. The largest absolute Gasteiger partial charge is 0.506 e. The van der Waals surface area contributed by atoms with E-state index in [0.717, 1.165) is 22.4 Å². The van der Waals surface area contributed by atoms with E-state index in [2.05, 4.69) is 5.32 Å². The molecule has 2 aromatic rings. The second-order valence-electron chi connectivity index (χ2n) is 5.08. The fourth-order valence-electron chi connectivity index (χ4n) is 2.10. The molecule has 0 fully saturated rings. The summed E-state index contributed by atoms with van der Waals surface area (Å²) in [7, 11) is 0. The minimum Gasteiger partial charge on any atom is -0.506 e. The quantitative estimate of drug-likeness (QED) is 0.847. The minimum atomic E-state index is -0.307. The lowest BCUT2D eigenvalue weighted by Crippen LogP contribution is -2.20. The molecule has 0 aliphatic rings. The molecule has 0 radical (unpaired) electrons. The van der Waals surface area contributed by atoms with Crippen molar-refractivity contribution < 1.29 is 14.6 Å². The summed E-state index contributed by atoms with van der Waals surface area (Å²) in [6.07, 6.45) is 0. The minimum absolute atomic E-state index is 0.0426. The summed E-state index contributed by atoms with van der Waals surface area (Å²) in [5.74, 6) is 0.459. The molecule has 2 aromatic carbocycles. The van der Waals surface area contributed by atoms with Crippen LogP contribution in [0.3, 0.4) is 0 Å². The third-order valence-electron chi connectivity index (χ3n) is 3.18. The van der Waals surface area contributed by atoms with E-state index < -0.39 is 0 Å². The summed E-state index contributed by atoms with van der Waals surface area (Å²) in [6.45, 7) is 5.67. The molecule has 0 atom stereocenters. The van der Waals surface area contributed by atoms with Crippen molar-refractivity contribution in [1.82, 2.24) is 0 Å². The van der Waals surface area contributed by atoms with Gasteiger partial charge in [-0.05, 0) is 49.6 Å². The van der Waals surface area contributed by atoms with Gasteiger partial charge in [-0.25, -0.2) is 0 Å². The number of phenols is 1. The van der Waals surface area contributed by atoms with Crippen molar-refractivity contribution in [2.45, 2.75) is 20.8 Å². The van der Waals surface area contributed by atoms with Crippen LogP contribution in [0.25, 0.3) is 0 Å². The Balaban J connectivity index is 2.01. The number of hydrogen-bond acceptors (Lipinski definition) is 3. The highest BCUT2D eigenvalue weighted by molar-refractivity contribution is 5.93. The number of benzene rings is 2. The van der Waals surface area contributed by atoms with Gasteiger partial charge in [-0.2, -0.15) is 0 Å². The maximum absolute atomic E-state index is 11.9. The van der Waals surface area contributed by atoms with E-state index in [1.54, 1.807) is 18.2 Å². The van der Waals surface area contributed by atoms with Gasteiger partial charge in [0.2, 0.25) is 0 Å². The molecule has 0 spiro atoms. The van der Waals surface area contributed by atoms with Crippen molar-refractivity contribution in [3.8, 4) is 11.5 Å². The maximum atomic E-state index is 11.9. The lowest BCUT2D eigenvalue weighted by atomic mass is 10.1. The van der Waals surface area contributed by atoms with Gasteiger partial charge >= 0.3 is 0 Å². The SMILES string of the molecule is Cc1ccc(O)c(NC(=O)COc2c(C)cccc2C)c1. The van der Waals surface area contributed by atoms with E-state index in [4.69, 9.17) is 4.74 Å². The van der Waals surface area contributed by atoms with Gasteiger partial charge in [-0.1, -0.05) is 24.3 Å². The van der Waals surface area contributed by atoms with Crippen LogP contribution in [0.1, 0.15) is 16.7 Å². The topological polar surface area (TPSA) is 58.6 Å². The number of hydrogen-bond donors (Lipinski definition) is 2. The molecule has 21 heavy (non-hydrogen) atoms. The monoisotopic (exact) mass is 285 g/mol. The first kappa shape index (κ1) is 14.9. The van der Waals surface area contributed by atoms with Crippen molar-refractivity contribution in [1.29, 1.82) is 0 Å². The van der Waals surface area contributed by atoms with E-state index in [1.807, 2.05) is 39.0 Å². The van der Waals surface area contributed by atoms with Gasteiger partial charge in [0.25, 0.3) is 5.91 Å². The van der Waals surface area contributed by atoms with Crippen LogP contribution in [0, 0.1) is 20.8 Å². The van der Waals surface area contributed by atoms with Crippen LogP contribution in [0.5, 0.6) is 11.5 Å². The zero-order chi connectivity index (χ0) is 15.4. The van der Waals surface area contributed by atoms with Gasteiger partial charge in [-0.3, -0.25) is 4.79 Å². The van der Waals surface area contributed by atoms with Gasteiger partial charge < -0.3 is 15.2 Å². The van der Waals surface area contributed by atoms with E-state index in [9.17, 15) is 9.90 Å². The Bertz CT molecular complexity index is 645. The average molecular weight is 285 g/mol. The van der Waals surface area contributed by atoms with E-state index in [-0.39, 0.29) is 18.3 Å². The predicted molar refractivity (Wildman–Crippen MR) is 82.9 cm³/mol. The maximum Gasteiger partial charge on any atom is 0.262 e. The molecule has 0 aliphatic carbocycles. The number of phenolic OH excluding ortho intramolecular Hbond substituents is 1. The average Bonchev–Trinajstić information content (AvgIpc) is 2.42. The molecule has 4 heteroatoms. The smallest absolute Gasteiger partial charge is 0.262 e. The molecule has 0 aliphatic heterocycles. The number of amides is 1. The van der Waals surface area contributed by atoms with Crippen LogP contribution in [0.4, 0.5) is 5.69 Å². The van der Waals surface area contributed by atoms with Crippen LogP contribution >= 0.6 is 0 Å². The number of anilines is 1. The Hall–Kier alpha value is -2.49. The van der Waals surface area contributed by atoms with E-state index in [1.165, 1.54) is 0 Å². The second-order valence-corrected chi connectivity index (χ2v) is 5.08. The van der Waals surface area contributed by atoms with Crippen molar-refractivity contribution in [2.24, 2.45) is 0 Å². The summed E-state index contributed by atoms with van der Waals surface area (Å²) < 4.78 is 5.58. The summed E-state index contributed by atoms with van der Waals surface area (Å²) in [6, 6.07) is 10.9. The standard InChI is InChI=1S/C17H19NO3/c1-11-7-8-15(19)14(9-11)18-16(20)10-21-17-12(2)5-4-6-13(17)3/h4-9,19H,10H2,1-3H3,(H,18,20). The van der Waals surface area contributed by atoms with E-state index >= 15 is 0 Å². The molecule has 110 valence electrons. The highest BCUT2D eigenvalue weighted by atomic mass is 16.5. The molecule has 2 N–H and O–H groups in total. The van der Waals surface area contributed by atoms with Gasteiger partial charge in [0.05, 0.1) is 5.69 Å². The zero-order valence-corrected chi connectivity index (χ0v) is 12.4. The van der Waals surface area contributed by atoms with Crippen LogP contribution in [-0.2, 0) is 4.79 Å². The molecule has 1 amide bonds. The third kappa shape index (κ3) is 3.75. The molecule has 0 unspecified atom stereocenters. The Kier molecular flexibility index (Phi) is 4.48. The normalized spacial score (nSPS) is 10.2. The summed E-state index contributed by atoms with van der Waals surface area (Å²) >= 11 is 0. The number of carbonyl (C=O) groups is 1. The van der Waals surface area contributed by atoms with Crippen LogP contribution in [-0.4, -0.2) is 17.6 Å². The second kappa shape index (κ2) is 6.31. The molecular formula is C17H19NO3. The molecule has 2 rings (SSSR count). The van der Waals surface area contributed by atoms with Gasteiger partial charge in [-0.15, -0.1) is 0 Å². The van der Waals surface area contributed by atoms with Gasteiger partial charge in [0.1, 0.15) is 11.5 Å². The fraction of sp³-hybridized carbons (Fsp3) is 0.235. The lowest BCUT2D eigenvalue weighted by Gasteiger charge is -2.12. The Labute approximate surface area is 124 Å². The highest BCUT2D eigenvalue weighted by Gasteiger charge is 2.09. The van der Waals surface area contributed by atoms with Crippen LogP contribution in [0.2, 0.25) is 0 Å². The fourth-order valence-corrected chi connectivity index (χ4v) is 2.10. The number of aromatic hydroxyl groups is 1. The Morgan fingerprint density at radius 2 is 1.81 bits per heavy atom. The Morgan fingerprint density at radius 3 is 2.48 bits per heavy atom. The molecule has 0 bridgehead atoms. The number of para-hydroxylation sites is 1. The summed E-state index contributed by atoms with van der Waals surface area (Å²) in [5.41, 5.74) is 3.33.